The summed E-state index contributed by atoms with van der Waals surface area (Å²) in [4.78, 5) is 0. The molecule has 12 heavy (non-hydrogen) atoms. The SMILES string of the molecule is CC(=Cc1ccc(Cl)cc1)CBr. The summed E-state index contributed by atoms with van der Waals surface area (Å²) in [6.07, 6.45) is 2.13. The molecule has 0 nitrogen and oxygen atoms in total. The minimum absolute atomic E-state index is 0.781. The molecule has 0 saturated carbocycles. The molecule has 0 heterocycles. The van der Waals surface area contributed by atoms with E-state index in [4.69, 9.17) is 11.6 Å². The van der Waals surface area contributed by atoms with E-state index in [0.29, 0.717) is 0 Å². The molecule has 1 rings (SSSR count). The lowest BCUT2D eigenvalue weighted by Crippen LogP contribution is -1.77. The zero-order valence-corrected chi connectivity index (χ0v) is 9.19. The van der Waals surface area contributed by atoms with Gasteiger partial charge in [-0.15, -0.1) is 0 Å². The molecule has 0 aromatic heterocycles. The molecule has 0 N–H and O–H groups in total. The van der Waals surface area contributed by atoms with Gasteiger partial charge in [-0.25, -0.2) is 0 Å². The van der Waals surface area contributed by atoms with Gasteiger partial charge < -0.3 is 0 Å². The molecule has 64 valence electrons. The Morgan fingerprint density at radius 1 is 1.42 bits per heavy atom. The molecule has 0 aliphatic heterocycles. The summed E-state index contributed by atoms with van der Waals surface area (Å²) in [6.45, 7) is 2.09. The van der Waals surface area contributed by atoms with E-state index in [2.05, 4.69) is 28.9 Å². The van der Waals surface area contributed by atoms with Crippen molar-refractivity contribution in [2.75, 3.05) is 5.33 Å². The molecule has 0 radical (unpaired) electrons. The van der Waals surface area contributed by atoms with Gasteiger partial charge >= 0.3 is 0 Å². The molecule has 1 aromatic rings. The summed E-state index contributed by atoms with van der Waals surface area (Å²) >= 11 is 9.14. The molecule has 1 aromatic carbocycles. The second-order valence-corrected chi connectivity index (χ2v) is 3.67. The van der Waals surface area contributed by atoms with E-state index in [9.17, 15) is 0 Å². The fourth-order valence-corrected chi connectivity index (χ4v) is 1.17. The summed E-state index contributed by atoms with van der Waals surface area (Å²) in [5.74, 6) is 0. The first-order chi connectivity index (χ1) is 5.72. The van der Waals surface area contributed by atoms with Crippen molar-refractivity contribution in [3.8, 4) is 0 Å². The molecule has 0 unspecified atom stereocenters. The first-order valence-electron chi connectivity index (χ1n) is 3.71. The Kier molecular flexibility index (Phi) is 3.83. The Labute approximate surface area is 86.4 Å². The van der Waals surface area contributed by atoms with Gasteiger partial charge in [0.05, 0.1) is 0 Å². The van der Waals surface area contributed by atoms with Gasteiger partial charge in [0.2, 0.25) is 0 Å². The minimum Gasteiger partial charge on any atom is -0.0880 e. The molecular weight excluding hydrogens is 235 g/mol. The Bertz CT molecular complexity index is 274. The van der Waals surface area contributed by atoms with Crippen molar-refractivity contribution in [3.63, 3.8) is 0 Å². The molecule has 0 aliphatic rings. The molecular formula is C10H10BrCl. The summed E-state index contributed by atoms with van der Waals surface area (Å²) in [7, 11) is 0. The van der Waals surface area contributed by atoms with E-state index in [0.717, 1.165) is 10.4 Å². The standard InChI is InChI=1S/C10H10BrCl/c1-8(7-11)6-9-2-4-10(12)5-3-9/h2-6H,7H2,1H3. The average molecular weight is 246 g/mol. The van der Waals surface area contributed by atoms with Crippen LogP contribution >= 0.6 is 27.5 Å². The molecule has 0 spiro atoms. The van der Waals surface area contributed by atoms with Crippen LogP contribution < -0.4 is 0 Å². The summed E-state index contributed by atoms with van der Waals surface area (Å²) in [6, 6.07) is 7.81. The number of hydrogen-bond acceptors (Lipinski definition) is 0. The summed E-state index contributed by atoms with van der Waals surface area (Å²) in [5.41, 5.74) is 2.49. The van der Waals surface area contributed by atoms with E-state index >= 15 is 0 Å². The number of benzene rings is 1. The lowest BCUT2D eigenvalue weighted by Gasteiger charge is -1.96. The maximum absolute atomic E-state index is 5.75. The largest absolute Gasteiger partial charge is 0.0880 e. The van der Waals surface area contributed by atoms with E-state index in [-0.39, 0.29) is 0 Å². The van der Waals surface area contributed by atoms with Crippen molar-refractivity contribution in [3.05, 3.63) is 40.4 Å². The van der Waals surface area contributed by atoms with E-state index in [1.165, 1.54) is 11.1 Å². The van der Waals surface area contributed by atoms with Gasteiger partial charge in [-0.05, 0) is 24.6 Å². The quantitative estimate of drug-likeness (QED) is 0.687. The first-order valence-corrected chi connectivity index (χ1v) is 5.21. The van der Waals surface area contributed by atoms with E-state index in [1.807, 2.05) is 24.3 Å². The summed E-state index contributed by atoms with van der Waals surface area (Å²) in [5, 5.41) is 1.69. The lowest BCUT2D eigenvalue weighted by molar-refractivity contribution is 1.45. The average Bonchev–Trinajstić information content (AvgIpc) is 2.09. The van der Waals surface area contributed by atoms with Crippen LogP contribution in [-0.2, 0) is 0 Å². The number of allylic oxidation sites excluding steroid dienone is 1. The first kappa shape index (κ1) is 9.82. The van der Waals surface area contributed by atoms with Crippen LogP contribution in [0.1, 0.15) is 12.5 Å². The van der Waals surface area contributed by atoms with Crippen molar-refractivity contribution in [2.24, 2.45) is 0 Å². The van der Waals surface area contributed by atoms with E-state index in [1.54, 1.807) is 0 Å². The number of halogens is 2. The van der Waals surface area contributed by atoms with Crippen molar-refractivity contribution in [2.45, 2.75) is 6.92 Å². The van der Waals surface area contributed by atoms with Gasteiger partial charge in [-0.1, -0.05) is 51.3 Å². The molecule has 0 atom stereocenters. The number of hydrogen-bond donors (Lipinski definition) is 0. The topological polar surface area (TPSA) is 0 Å². The Balaban J connectivity index is 2.84. The van der Waals surface area contributed by atoms with Crippen LogP contribution in [0.15, 0.2) is 29.8 Å². The number of rotatable bonds is 2. The van der Waals surface area contributed by atoms with Crippen LogP contribution in [0.4, 0.5) is 0 Å². The highest BCUT2D eigenvalue weighted by Crippen LogP contribution is 2.12. The smallest absolute Gasteiger partial charge is 0.0406 e. The highest BCUT2D eigenvalue weighted by Gasteiger charge is 1.89. The van der Waals surface area contributed by atoms with E-state index < -0.39 is 0 Å². The normalized spacial score (nSPS) is 11.8. The van der Waals surface area contributed by atoms with Crippen LogP contribution in [-0.4, -0.2) is 5.33 Å². The Morgan fingerprint density at radius 2 is 2.00 bits per heavy atom. The molecule has 2 heteroatoms. The predicted molar refractivity (Wildman–Crippen MR) is 58.9 cm³/mol. The predicted octanol–water partition coefficient (Wildman–Crippen LogP) is 4.14. The molecule has 0 fully saturated rings. The zero-order valence-electron chi connectivity index (χ0n) is 6.85. The second kappa shape index (κ2) is 4.68. The zero-order chi connectivity index (χ0) is 8.97. The van der Waals surface area contributed by atoms with Crippen molar-refractivity contribution in [1.82, 2.24) is 0 Å². The third kappa shape index (κ3) is 3.00. The van der Waals surface area contributed by atoms with Crippen LogP contribution in [0.3, 0.4) is 0 Å². The third-order valence-electron chi connectivity index (χ3n) is 1.49. The number of alkyl halides is 1. The summed E-state index contributed by atoms with van der Waals surface area (Å²) < 4.78 is 0. The minimum atomic E-state index is 0.781. The Hall–Kier alpha value is -0.270. The van der Waals surface area contributed by atoms with Gasteiger partial charge in [0, 0.05) is 10.4 Å². The molecule has 0 bridgehead atoms. The van der Waals surface area contributed by atoms with Crippen LogP contribution in [0.2, 0.25) is 5.02 Å². The van der Waals surface area contributed by atoms with Crippen LogP contribution in [0.5, 0.6) is 0 Å². The fraction of sp³-hybridized carbons (Fsp3) is 0.200. The van der Waals surface area contributed by atoms with Crippen molar-refractivity contribution < 1.29 is 0 Å². The van der Waals surface area contributed by atoms with Gasteiger partial charge in [0.1, 0.15) is 0 Å². The molecule has 0 saturated heterocycles. The van der Waals surface area contributed by atoms with Crippen molar-refractivity contribution >= 4 is 33.6 Å². The van der Waals surface area contributed by atoms with Gasteiger partial charge in [0.25, 0.3) is 0 Å². The highest BCUT2D eigenvalue weighted by atomic mass is 79.9. The molecule has 0 aliphatic carbocycles. The second-order valence-electron chi connectivity index (χ2n) is 2.68. The van der Waals surface area contributed by atoms with Crippen LogP contribution in [0, 0.1) is 0 Å². The maximum Gasteiger partial charge on any atom is 0.0406 e. The highest BCUT2D eigenvalue weighted by molar-refractivity contribution is 9.09. The maximum atomic E-state index is 5.75. The Morgan fingerprint density at radius 3 is 2.50 bits per heavy atom. The lowest BCUT2D eigenvalue weighted by atomic mass is 10.1. The van der Waals surface area contributed by atoms with Gasteiger partial charge in [-0.3, -0.25) is 0 Å². The van der Waals surface area contributed by atoms with Gasteiger partial charge in [0.15, 0.2) is 0 Å². The van der Waals surface area contributed by atoms with Gasteiger partial charge in [-0.2, -0.15) is 0 Å². The van der Waals surface area contributed by atoms with Crippen molar-refractivity contribution in [1.29, 1.82) is 0 Å². The fourth-order valence-electron chi connectivity index (χ4n) is 0.882. The molecule has 0 amide bonds. The van der Waals surface area contributed by atoms with Crippen LogP contribution in [0.25, 0.3) is 6.08 Å². The monoisotopic (exact) mass is 244 g/mol. The third-order valence-corrected chi connectivity index (χ3v) is 2.63.